The molecule has 0 N–H and O–H groups in total. The van der Waals surface area contributed by atoms with Crippen molar-refractivity contribution in [3.05, 3.63) is 33.3 Å². The topological polar surface area (TPSA) is 52.4 Å². The van der Waals surface area contributed by atoms with Crippen LogP contribution >= 0.6 is 27.5 Å². The first-order valence-corrected chi connectivity index (χ1v) is 5.28. The fraction of sp³-hybridized carbons (Fsp3) is 0.250. The van der Waals surface area contributed by atoms with Crippen LogP contribution in [-0.4, -0.2) is 16.9 Å². The Morgan fingerprint density at radius 2 is 2.29 bits per heavy atom. The van der Waals surface area contributed by atoms with E-state index in [0.29, 0.717) is 17.0 Å². The maximum atomic E-state index is 10.6. The summed E-state index contributed by atoms with van der Waals surface area (Å²) in [5, 5.41) is 11.5. The third kappa shape index (κ3) is 2.85. The zero-order valence-corrected chi connectivity index (χ0v) is 9.42. The van der Waals surface area contributed by atoms with Gasteiger partial charge in [-0.1, -0.05) is 27.5 Å². The summed E-state index contributed by atoms with van der Waals surface area (Å²) >= 11 is 8.79. The average molecular weight is 281 g/mol. The first-order valence-electron chi connectivity index (χ1n) is 3.78. The number of hydrogen-bond donors (Lipinski definition) is 0. The number of nitrogens with zero attached hydrogens (tertiary/aromatic N) is 1. The van der Waals surface area contributed by atoms with Crippen LogP contribution in [0.1, 0.15) is 0 Å². The summed E-state index contributed by atoms with van der Waals surface area (Å²) < 4.78 is 5.16. The molecule has 0 aromatic heterocycles. The summed E-state index contributed by atoms with van der Waals surface area (Å²) in [6.45, 7) is 0.377. The van der Waals surface area contributed by atoms with Gasteiger partial charge < -0.3 is 4.74 Å². The van der Waals surface area contributed by atoms with E-state index >= 15 is 0 Å². The highest BCUT2D eigenvalue weighted by Crippen LogP contribution is 2.29. The molecule has 1 aromatic rings. The summed E-state index contributed by atoms with van der Waals surface area (Å²) in [5.41, 5.74) is -0.113. The number of nitro groups is 1. The quantitative estimate of drug-likeness (QED) is 0.484. The van der Waals surface area contributed by atoms with Crippen LogP contribution in [-0.2, 0) is 0 Å². The van der Waals surface area contributed by atoms with E-state index in [-0.39, 0.29) is 11.4 Å². The number of halogens is 2. The Balaban J connectivity index is 2.96. The highest BCUT2D eigenvalue weighted by Gasteiger charge is 2.14. The maximum absolute atomic E-state index is 10.6. The molecule has 0 aliphatic heterocycles. The zero-order chi connectivity index (χ0) is 10.6. The van der Waals surface area contributed by atoms with E-state index in [2.05, 4.69) is 15.9 Å². The Kier molecular flexibility index (Phi) is 4.16. The Labute approximate surface area is 94.1 Å². The van der Waals surface area contributed by atoms with Gasteiger partial charge in [-0.3, -0.25) is 10.1 Å². The summed E-state index contributed by atoms with van der Waals surface area (Å²) in [5.74, 6) is 0.235. The summed E-state index contributed by atoms with van der Waals surface area (Å²) in [7, 11) is 0. The van der Waals surface area contributed by atoms with Gasteiger partial charge >= 0.3 is 5.69 Å². The lowest BCUT2D eigenvalue weighted by molar-refractivity contribution is -0.385. The lowest BCUT2D eigenvalue weighted by Crippen LogP contribution is -2.00. The van der Waals surface area contributed by atoms with Gasteiger partial charge in [0, 0.05) is 16.4 Å². The number of hydrogen-bond acceptors (Lipinski definition) is 3. The minimum atomic E-state index is -0.518. The Hall–Kier alpha value is -0.810. The van der Waals surface area contributed by atoms with Crippen molar-refractivity contribution in [3.8, 4) is 5.75 Å². The van der Waals surface area contributed by atoms with Crippen molar-refractivity contribution in [3.63, 3.8) is 0 Å². The van der Waals surface area contributed by atoms with E-state index in [1.54, 1.807) is 6.07 Å². The average Bonchev–Trinajstić information content (AvgIpc) is 2.15. The molecule has 0 aliphatic carbocycles. The second kappa shape index (κ2) is 5.17. The predicted octanol–water partition coefficient (Wildman–Crippen LogP) is 3.02. The summed E-state index contributed by atoms with van der Waals surface area (Å²) in [4.78, 5) is 10.1. The molecule has 6 heteroatoms. The van der Waals surface area contributed by atoms with E-state index < -0.39 is 4.92 Å². The number of nitro benzene ring substituents is 1. The summed E-state index contributed by atoms with van der Waals surface area (Å²) in [6.07, 6.45) is 0. The monoisotopic (exact) mass is 279 g/mol. The smallest absolute Gasteiger partial charge is 0.312 e. The fourth-order valence-corrected chi connectivity index (χ4v) is 1.23. The van der Waals surface area contributed by atoms with Gasteiger partial charge in [0.15, 0.2) is 5.75 Å². The molecule has 0 saturated heterocycles. The van der Waals surface area contributed by atoms with Gasteiger partial charge in [0.1, 0.15) is 0 Å². The molecule has 0 fully saturated rings. The lowest BCUT2D eigenvalue weighted by atomic mass is 10.3. The van der Waals surface area contributed by atoms with Gasteiger partial charge in [-0.15, -0.1) is 0 Å². The van der Waals surface area contributed by atoms with Crippen LogP contribution in [0.3, 0.4) is 0 Å². The van der Waals surface area contributed by atoms with Crippen LogP contribution < -0.4 is 4.74 Å². The first-order chi connectivity index (χ1) is 6.65. The molecule has 0 heterocycles. The predicted molar refractivity (Wildman–Crippen MR) is 57.4 cm³/mol. The zero-order valence-electron chi connectivity index (χ0n) is 7.07. The minimum Gasteiger partial charge on any atom is -0.486 e. The number of benzene rings is 1. The lowest BCUT2D eigenvalue weighted by Gasteiger charge is -2.04. The van der Waals surface area contributed by atoms with E-state index in [0.717, 1.165) is 0 Å². The SMILES string of the molecule is O=[N+]([O-])c1cc(Cl)ccc1OCCBr. The standard InChI is InChI=1S/C8H7BrClNO3/c9-3-4-14-8-2-1-6(10)5-7(8)11(12)13/h1-2,5H,3-4H2. The molecule has 0 bridgehead atoms. The van der Waals surface area contributed by atoms with Gasteiger partial charge in [-0.2, -0.15) is 0 Å². The van der Waals surface area contributed by atoms with Gasteiger partial charge in [0.05, 0.1) is 11.5 Å². The van der Waals surface area contributed by atoms with Crippen molar-refractivity contribution < 1.29 is 9.66 Å². The normalized spacial score (nSPS) is 9.86. The van der Waals surface area contributed by atoms with E-state index in [4.69, 9.17) is 16.3 Å². The van der Waals surface area contributed by atoms with E-state index in [1.165, 1.54) is 12.1 Å². The molecule has 0 spiro atoms. The van der Waals surface area contributed by atoms with Crippen LogP contribution in [0.15, 0.2) is 18.2 Å². The van der Waals surface area contributed by atoms with Crippen LogP contribution in [0.4, 0.5) is 5.69 Å². The van der Waals surface area contributed by atoms with Gasteiger partial charge in [-0.05, 0) is 12.1 Å². The van der Waals surface area contributed by atoms with Gasteiger partial charge in [0.25, 0.3) is 0 Å². The van der Waals surface area contributed by atoms with Crippen LogP contribution in [0.25, 0.3) is 0 Å². The molecule has 76 valence electrons. The number of alkyl halides is 1. The highest BCUT2D eigenvalue weighted by molar-refractivity contribution is 9.09. The van der Waals surface area contributed by atoms with E-state index in [1.807, 2.05) is 0 Å². The fourth-order valence-electron chi connectivity index (χ4n) is 0.904. The van der Waals surface area contributed by atoms with Gasteiger partial charge in [-0.25, -0.2) is 0 Å². The maximum Gasteiger partial charge on any atom is 0.312 e. The first kappa shape index (κ1) is 11.3. The molecular formula is C8H7BrClNO3. The molecule has 14 heavy (non-hydrogen) atoms. The highest BCUT2D eigenvalue weighted by atomic mass is 79.9. The van der Waals surface area contributed by atoms with Crippen molar-refractivity contribution in [2.75, 3.05) is 11.9 Å². The molecule has 0 unspecified atom stereocenters. The third-order valence-corrected chi connectivity index (χ3v) is 2.01. The minimum absolute atomic E-state index is 0.113. The second-order valence-corrected chi connectivity index (χ2v) is 3.64. The number of rotatable bonds is 4. The van der Waals surface area contributed by atoms with Crippen LogP contribution in [0, 0.1) is 10.1 Å². The second-order valence-electron chi connectivity index (χ2n) is 2.41. The van der Waals surface area contributed by atoms with Gasteiger partial charge in [0.2, 0.25) is 0 Å². The molecule has 0 atom stereocenters. The van der Waals surface area contributed by atoms with Crippen molar-refractivity contribution >= 4 is 33.2 Å². The van der Waals surface area contributed by atoms with Crippen molar-refractivity contribution in [1.29, 1.82) is 0 Å². The Morgan fingerprint density at radius 1 is 1.57 bits per heavy atom. The van der Waals surface area contributed by atoms with Crippen LogP contribution in [0.5, 0.6) is 5.75 Å². The largest absolute Gasteiger partial charge is 0.486 e. The molecule has 0 amide bonds. The van der Waals surface area contributed by atoms with E-state index in [9.17, 15) is 10.1 Å². The van der Waals surface area contributed by atoms with Crippen LogP contribution in [0.2, 0.25) is 5.02 Å². The molecule has 4 nitrogen and oxygen atoms in total. The molecule has 0 saturated carbocycles. The molecular weight excluding hydrogens is 273 g/mol. The van der Waals surface area contributed by atoms with Crippen molar-refractivity contribution in [2.45, 2.75) is 0 Å². The van der Waals surface area contributed by atoms with Crippen molar-refractivity contribution in [1.82, 2.24) is 0 Å². The van der Waals surface area contributed by atoms with Crippen molar-refractivity contribution in [2.24, 2.45) is 0 Å². The molecule has 0 radical (unpaired) electrons. The Bertz CT molecular complexity index is 345. The summed E-state index contributed by atoms with van der Waals surface area (Å²) in [6, 6.07) is 4.31. The Morgan fingerprint density at radius 3 is 2.86 bits per heavy atom. The molecule has 1 aromatic carbocycles. The molecule has 0 aliphatic rings. The number of ether oxygens (including phenoxy) is 1. The third-order valence-electron chi connectivity index (χ3n) is 1.45. The molecule has 1 rings (SSSR count).